The van der Waals surface area contributed by atoms with Crippen molar-refractivity contribution in [1.82, 2.24) is 0 Å². The van der Waals surface area contributed by atoms with E-state index in [2.05, 4.69) is 91.8 Å². The zero-order chi connectivity index (χ0) is 21.0. The molecule has 28 heavy (non-hydrogen) atoms. The maximum absolute atomic E-state index is 6.81. The molecule has 0 saturated heterocycles. The van der Waals surface area contributed by atoms with Gasteiger partial charge in [0, 0.05) is 0 Å². The molecular formula is C24H34ClO2W. The number of hydrogen-bond acceptors (Lipinski definition) is 2. The van der Waals surface area contributed by atoms with Gasteiger partial charge in [0.25, 0.3) is 0 Å². The quantitative estimate of drug-likeness (QED) is 0.317. The zero-order valence-electron chi connectivity index (χ0n) is 18.4. The molecule has 0 aliphatic carbocycles. The Balaban J connectivity index is 2.40. The van der Waals surface area contributed by atoms with E-state index in [-0.39, 0.29) is 0 Å². The van der Waals surface area contributed by atoms with Crippen molar-refractivity contribution in [2.45, 2.75) is 79.1 Å². The average Bonchev–Trinajstić information content (AvgIpc) is 2.61. The second-order valence-corrected chi connectivity index (χ2v) is 13.2. The van der Waals surface area contributed by atoms with Crippen LogP contribution in [0.15, 0.2) is 36.4 Å². The van der Waals surface area contributed by atoms with E-state index >= 15 is 0 Å². The van der Waals surface area contributed by atoms with Gasteiger partial charge in [0.15, 0.2) is 0 Å². The van der Waals surface area contributed by atoms with E-state index in [1.54, 1.807) is 0 Å². The van der Waals surface area contributed by atoms with Gasteiger partial charge in [-0.3, -0.25) is 0 Å². The summed E-state index contributed by atoms with van der Waals surface area (Å²) < 4.78 is 12.8. The van der Waals surface area contributed by atoms with Crippen LogP contribution in [0.3, 0.4) is 0 Å². The van der Waals surface area contributed by atoms with Gasteiger partial charge in [0.2, 0.25) is 0 Å². The molecule has 0 unspecified atom stereocenters. The average molecular weight is 574 g/mol. The maximum atomic E-state index is 6.81. The van der Waals surface area contributed by atoms with Crippen molar-refractivity contribution < 1.29 is 23.8 Å². The van der Waals surface area contributed by atoms with E-state index in [1.807, 2.05) is 0 Å². The third-order valence-corrected chi connectivity index (χ3v) is 8.11. The summed E-state index contributed by atoms with van der Waals surface area (Å²) in [7, 11) is 6.81. The molecule has 0 heterocycles. The topological polar surface area (TPSA) is 18.5 Å². The van der Waals surface area contributed by atoms with Crippen molar-refractivity contribution in [3.8, 4) is 11.5 Å². The van der Waals surface area contributed by atoms with Crippen LogP contribution in [0.1, 0.15) is 101 Å². The Bertz CT molecular complexity index is 666. The second-order valence-electron chi connectivity index (χ2n) is 8.51. The first-order valence-electron chi connectivity index (χ1n) is 10.2. The standard InChI is InChI=1S/2C12H18O.ClH.W/c2*1-8(2)10-6-5-7-11(9(3)4)12(10)13;;/h2*5-9,13H,1-4H3;1H;/q;;;+3/p-3. The summed E-state index contributed by atoms with van der Waals surface area (Å²) in [5, 5.41) is 0. The first-order chi connectivity index (χ1) is 13.1. The van der Waals surface area contributed by atoms with Crippen LogP contribution in [0.25, 0.3) is 0 Å². The molecule has 0 radical (unpaired) electrons. The summed E-state index contributed by atoms with van der Waals surface area (Å²) in [6, 6.07) is 12.8. The van der Waals surface area contributed by atoms with Crippen LogP contribution in [0, 0.1) is 0 Å². The van der Waals surface area contributed by atoms with Gasteiger partial charge in [-0.15, -0.1) is 0 Å². The molecule has 0 spiro atoms. The van der Waals surface area contributed by atoms with Crippen molar-refractivity contribution >= 4 is 9.42 Å². The van der Waals surface area contributed by atoms with E-state index in [0.29, 0.717) is 23.7 Å². The Morgan fingerprint density at radius 2 is 0.821 bits per heavy atom. The van der Waals surface area contributed by atoms with Crippen LogP contribution < -0.4 is 6.78 Å². The summed E-state index contributed by atoms with van der Waals surface area (Å²) in [6.07, 6.45) is 0. The molecule has 0 aromatic heterocycles. The van der Waals surface area contributed by atoms with Crippen LogP contribution in [0.4, 0.5) is 0 Å². The van der Waals surface area contributed by atoms with Crippen molar-refractivity contribution in [3.05, 3.63) is 58.7 Å². The molecule has 2 aromatic carbocycles. The molecule has 2 nitrogen and oxygen atoms in total. The molecule has 0 saturated carbocycles. The van der Waals surface area contributed by atoms with Crippen molar-refractivity contribution in [1.29, 1.82) is 0 Å². The van der Waals surface area contributed by atoms with Crippen LogP contribution in [-0.2, 0) is 17.0 Å². The molecule has 0 aliphatic heterocycles. The summed E-state index contributed by atoms with van der Waals surface area (Å²) in [6.45, 7) is 17.5. The first-order valence-corrected chi connectivity index (χ1v) is 16.2. The molecule has 2 rings (SSSR count). The predicted molar refractivity (Wildman–Crippen MR) is 116 cm³/mol. The molecule has 0 amide bonds. The Morgan fingerprint density at radius 3 is 1.04 bits per heavy atom. The van der Waals surface area contributed by atoms with Gasteiger partial charge in [-0.25, -0.2) is 0 Å². The minimum absolute atomic E-state index is 0.371. The van der Waals surface area contributed by atoms with Crippen LogP contribution in [-0.4, -0.2) is 0 Å². The van der Waals surface area contributed by atoms with Crippen LogP contribution in [0.5, 0.6) is 11.5 Å². The Hall–Kier alpha value is -0.982. The van der Waals surface area contributed by atoms with Gasteiger partial charge >= 0.3 is 182 Å². The molecule has 0 atom stereocenters. The fraction of sp³-hybridized carbons (Fsp3) is 0.500. The van der Waals surface area contributed by atoms with Gasteiger partial charge in [-0.1, -0.05) is 0 Å². The van der Waals surface area contributed by atoms with Crippen molar-refractivity contribution in [2.75, 3.05) is 0 Å². The minimum atomic E-state index is -3.09. The van der Waals surface area contributed by atoms with Gasteiger partial charge in [0.1, 0.15) is 0 Å². The fourth-order valence-electron chi connectivity index (χ4n) is 3.31. The summed E-state index contributed by atoms with van der Waals surface area (Å²) in [5.74, 6) is 3.35. The molecule has 4 heteroatoms. The van der Waals surface area contributed by atoms with E-state index in [1.165, 1.54) is 22.3 Å². The molecule has 155 valence electrons. The molecular weight excluding hydrogens is 540 g/mol. The Labute approximate surface area is 182 Å². The second kappa shape index (κ2) is 10.2. The summed E-state index contributed by atoms with van der Waals surface area (Å²) >= 11 is -3.09. The van der Waals surface area contributed by atoms with Crippen LogP contribution >= 0.6 is 9.42 Å². The van der Waals surface area contributed by atoms with Crippen molar-refractivity contribution in [3.63, 3.8) is 0 Å². The SMILES string of the molecule is CC(C)c1cccc(C(C)C)c1[O][W]([Cl])[O]c1c(C(C)C)cccc1C(C)C. The Morgan fingerprint density at radius 1 is 0.571 bits per heavy atom. The van der Waals surface area contributed by atoms with Gasteiger partial charge in [-0.2, -0.15) is 0 Å². The van der Waals surface area contributed by atoms with E-state index < -0.39 is 17.0 Å². The molecule has 0 bridgehead atoms. The number of para-hydroxylation sites is 2. The Kier molecular flexibility index (Phi) is 8.46. The van der Waals surface area contributed by atoms with Gasteiger partial charge in [0.05, 0.1) is 0 Å². The normalized spacial score (nSPS) is 11.9. The summed E-state index contributed by atoms with van der Waals surface area (Å²) in [4.78, 5) is 0. The molecule has 0 N–H and O–H groups in total. The first kappa shape index (κ1) is 23.3. The molecule has 0 fully saturated rings. The third kappa shape index (κ3) is 5.54. The number of benzene rings is 2. The zero-order valence-corrected chi connectivity index (χ0v) is 22.1. The van der Waals surface area contributed by atoms with E-state index in [0.717, 1.165) is 11.5 Å². The molecule has 2 aromatic rings. The van der Waals surface area contributed by atoms with Crippen LogP contribution in [0.2, 0.25) is 0 Å². The third-order valence-electron chi connectivity index (χ3n) is 4.94. The van der Waals surface area contributed by atoms with Gasteiger partial charge in [-0.05, 0) is 0 Å². The molecule has 0 aliphatic rings. The number of halogens is 1. The number of hydrogen-bond donors (Lipinski definition) is 0. The monoisotopic (exact) mass is 573 g/mol. The van der Waals surface area contributed by atoms with E-state index in [9.17, 15) is 0 Å². The van der Waals surface area contributed by atoms with Crippen molar-refractivity contribution in [2.24, 2.45) is 0 Å². The summed E-state index contributed by atoms with van der Waals surface area (Å²) in [5.41, 5.74) is 4.81. The van der Waals surface area contributed by atoms with Gasteiger partial charge < -0.3 is 0 Å². The fourth-order valence-corrected chi connectivity index (χ4v) is 6.78. The van der Waals surface area contributed by atoms with E-state index in [4.69, 9.17) is 16.2 Å². The number of rotatable bonds is 8. The predicted octanol–water partition coefficient (Wildman–Crippen LogP) is 8.24.